The molecule has 1 aliphatic heterocycles. The topological polar surface area (TPSA) is 9.23 Å². The fraction of sp³-hybridized carbons (Fsp3) is 0.400. The number of methoxy groups -OCH3 is 1. The molecule has 0 bridgehead atoms. The van der Waals surface area contributed by atoms with E-state index in [1.165, 1.54) is 17.7 Å². The summed E-state index contributed by atoms with van der Waals surface area (Å²) in [5.74, 6) is 2.29. The van der Waals surface area contributed by atoms with Gasteiger partial charge in [-0.1, -0.05) is 12.1 Å². The Morgan fingerprint density at radius 2 is 2.08 bits per heavy atom. The van der Waals surface area contributed by atoms with Crippen molar-refractivity contribution in [3.8, 4) is 5.75 Å². The number of hydrogen-bond acceptors (Lipinski definition) is 2. The minimum Gasteiger partial charge on any atom is -0.497 e. The van der Waals surface area contributed by atoms with Crippen molar-refractivity contribution >= 4 is 11.8 Å². The van der Waals surface area contributed by atoms with Crippen LogP contribution in [0.3, 0.4) is 0 Å². The molecule has 64 valence electrons. The molecule has 1 saturated heterocycles. The van der Waals surface area contributed by atoms with Crippen molar-refractivity contribution in [2.45, 2.75) is 11.7 Å². The summed E-state index contributed by atoms with van der Waals surface area (Å²) in [6.45, 7) is 0. The van der Waals surface area contributed by atoms with Gasteiger partial charge in [-0.15, -0.1) is 0 Å². The van der Waals surface area contributed by atoms with Crippen LogP contribution in [0.1, 0.15) is 5.56 Å². The first-order valence-corrected chi connectivity index (χ1v) is 5.18. The third-order valence-corrected chi connectivity index (χ3v) is 3.00. The van der Waals surface area contributed by atoms with Gasteiger partial charge < -0.3 is 4.74 Å². The van der Waals surface area contributed by atoms with Gasteiger partial charge in [0.1, 0.15) is 5.75 Å². The molecule has 1 aromatic rings. The molecule has 0 aromatic heterocycles. The highest BCUT2D eigenvalue weighted by atomic mass is 32.2. The van der Waals surface area contributed by atoms with Crippen LogP contribution in [0.15, 0.2) is 24.3 Å². The van der Waals surface area contributed by atoms with E-state index in [0.29, 0.717) is 0 Å². The highest BCUT2D eigenvalue weighted by molar-refractivity contribution is 8.06. The van der Waals surface area contributed by atoms with Crippen LogP contribution in [0.5, 0.6) is 5.75 Å². The second-order valence-electron chi connectivity index (χ2n) is 3.01. The molecule has 1 unspecified atom stereocenters. The smallest absolute Gasteiger partial charge is 0.118 e. The number of ether oxygens (including phenoxy) is 1. The molecule has 1 fully saturated rings. The number of benzene rings is 1. The van der Waals surface area contributed by atoms with Crippen LogP contribution >= 0.6 is 11.8 Å². The first-order chi connectivity index (χ1) is 5.88. The predicted octanol–water partition coefficient (Wildman–Crippen LogP) is 2.35. The van der Waals surface area contributed by atoms with E-state index in [1.54, 1.807) is 7.11 Å². The zero-order valence-corrected chi connectivity index (χ0v) is 7.93. The van der Waals surface area contributed by atoms with Gasteiger partial charge in [0.2, 0.25) is 0 Å². The van der Waals surface area contributed by atoms with Gasteiger partial charge in [-0.05, 0) is 24.1 Å². The minimum atomic E-state index is 0.887. The molecule has 0 aliphatic carbocycles. The average molecular weight is 180 g/mol. The van der Waals surface area contributed by atoms with Gasteiger partial charge in [0, 0.05) is 11.0 Å². The van der Waals surface area contributed by atoms with Gasteiger partial charge in [-0.3, -0.25) is 0 Å². The van der Waals surface area contributed by atoms with Crippen LogP contribution in [0, 0.1) is 0 Å². The number of hydrogen-bond donors (Lipinski definition) is 0. The van der Waals surface area contributed by atoms with E-state index in [1.807, 2.05) is 23.9 Å². The fourth-order valence-corrected chi connectivity index (χ4v) is 1.77. The monoisotopic (exact) mass is 180 g/mol. The molecule has 0 radical (unpaired) electrons. The van der Waals surface area contributed by atoms with Crippen LogP contribution in [-0.2, 0) is 6.42 Å². The van der Waals surface area contributed by atoms with Crippen LogP contribution < -0.4 is 4.74 Å². The molecule has 1 atom stereocenters. The molecule has 0 saturated carbocycles. The first-order valence-electron chi connectivity index (χ1n) is 4.13. The van der Waals surface area contributed by atoms with Crippen LogP contribution in [0.25, 0.3) is 0 Å². The molecule has 12 heavy (non-hydrogen) atoms. The second-order valence-corrected chi connectivity index (χ2v) is 4.34. The lowest BCUT2D eigenvalue weighted by Gasteiger charge is -2.01. The first kappa shape index (κ1) is 7.99. The van der Waals surface area contributed by atoms with E-state index in [0.717, 1.165) is 11.0 Å². The second kappa shape index (κ2) is 3.40. The van der Waals surface area contributed by atoms with Gasteiger partial charge in [0.15, 0.2) is 0 Å². The summed E-state index contributed by atoms with van der Waals surface area (Å²) in [6, 6.07) is 8.36. The van der Waals surface area contributed by atoms with Gasteiger partial charge in [-0.25, -0.2) is 0 Å². The van der Waals surface area contributed by atoms with Crippen molar-refractivity contribution < 1.29 is 4.74 Å². The molecule has 2 heteroatoms. The molecule has 0 N–H and O–H groups in total. The summed E-state index contributed by atoms with van der Waals surface area (Å²) in [6.07, 6.45) is 1.22. The molecule has 0 amide bonds. The Kier molecular flexibility index (Phi) is 2.26. The van der Waals surface area contributed by atoms with Crippen molar-refractivity contribution in [2.24, 2.45) is 0 Å². The van der Waals surface area contributed by atoms with Crippen molar-refractivity contribution in [1.29, 1.82) is 0 Å². The number of rotatable bonds is 3. The maximum absolute atomic E-state index is 5.08. The summed E-state index contributed by atoms with van der Waals surface area (Å²) in [5.41, 5.74) is 1.42. The normalized spacial score (nSPS) is 20.6. The van der Waals surface area contributed by atoms with Gasteiger partial charge >= 0.3 is 0 Å². The van der Waals surface area contributed by atoms with Crippen LogP contribution in [0.2, 0.25) is 0 Å². The summed E-state index contributed by atoms with van der Waals surface area (Å²) < 4.78 is 5.08. The van der Waals surface area contributed by atoms with Crippen LogP contribution in [-0.4, -0.2) is 18.1 Å². The van der Waals surface area contributed by atoms with E-state index in [4.69, 9.17) is 4.74 Å². The van der Waals surface area contributed by atoms with Crippen molar-refractivity contribution in [1.82, 2.24) is 0 Å². The zero-order valence-electron chi connectivity index (χ0n) is 7.12. The molecule has 1 aliphatic rings. The summed E-state index contributed by atoms with van der Waals surface area (Å²) in [7, 11) is 1.70. The van der Waals surface area contributed by atoms with E-state index in [9.17, 15) is 0 Å². The summed E-state index contributed by atoms with van der Waals surface area (Å²) in [5, 5.41) is 0.887. The van der Waals surface area contributed by atoms with E-state index in [-0.39, 0.29) is 0 Å². The lowest BCUT2D eigenvalue weighted by molar-refractivity contribution is 0.414. The Balaban J connectivity index is 2.02. The zero-order chi connectivity index (χ0) is 8.39. The Hall–Kier alpha value is -0.630. The Morgan fingerprint density at radius 1 is 1.42 bits per heavy atom. The molecular weight excluding hydrogens is 168 g/mol. The predicted molar refractivity (Wildman–Crippen MR) is 52.9 cm³/mol. The lowest BCUT2D eigenvalue weighted by atomic mass is 10.1. The maximum atomic E-state index is 5.08. The minimum absolute atomic E-state index is 0.887. The van der Waals surface area contributed by atoms with E-state index in [2.05, 4.69) is 12.1 Å². The van der Waals surface area contributed by atoms with E-state index < -0.39 is 0 Å². The highest BCUT2D eigenvalue weighted by Gasteiger charge is 2.22. The van der Waals surface area contributed by atoms with Gasteiger partial charge in [-0.2, -0.15) is 11.8 Å². The molecule has 1 aromatic carbocycles. The highest BCUT2D eigenvalue weighted by Crippen LogP contribution is 2.33. The van der Waals surface area contributed by atoms with Gasteiger partial charge in [0.05, 0.1) is 7.11 Å². The van der Waals surface area contributed by atoms with Crippen molar-refractivity contribution in [3.05, 3.63) is 29.8 Å². The standard InChI is InChI=1S/C10H12OS/c1-11-9-4-2-8(3-5-9)6-10-7-12-10/h2-5,10H,6-7H2,1H3. The lowest BCUT2D eigenvalue weighted by Crippen LogP contribution is -1.91. The summed E-state index contributed by atoms with van der Waals surface area (Å²) >= 11 is 2.04. The van der Waals surface area contributed by atoms with Crippen molar-refractivity contribution in [2.75, 3.05) is 12.9 Å². The number of thioether (sulfide) groups is 1. The Morgan fingerprint density at radius 3 is 2.58 bits per heavy atom. The van der Waals surface area contributed by atoms with Gasteiger partial charge in [0.25, 0.3) is 0 Å². The maximum Gasteiger partial charge on any atom is 0.118 e. The third-order valence-electron chi connectivity index (χ3n) is 2.02. The van der Waals surface area contributed by atoms with E-state index >= 15 is 0 Å². The average Bonchev–Trinajstić information content (AvgIpc) is 2.90. The van der Waals surface area contributed by atoms with Crippen molar-refractivity contribution in [3.63, 3.8) is 0 Å². The largest absolute Gasteiger partial charge is 0.497 e. The molecule has 1 nitrogen and oxygen atoms in total. The molecule has 2 rings (SSSR count). The Labute approximate surface area is 77.1 Å². The molecule has 0 spiro atoms. The third kappa shape index (κ3) is 1.95. The quantitative estimate of drug-likeness (QED) is 0.660. The molecular formula is C10H12OS. The molecule has 1 heterocycles. The SMILES string of the molecule is COc1ccc(CC2CS2)cc1. The summed E-state index contributed by atoms with van der Waals surface area (Å²) in [4.78, 5) is 0. The fourth-order valence-electron chi connectivity index (χ4n) is 1.21. The Bertz CT molecular complexity index is 251. The van der Waals surface area contributed by atoms with Crippen LogP contribution in [0.4, 0.5) is 0 Å².